The largest absolute Gasteiger partial charge is 0.377 e. The lowest BCUT2D eigenvalue weighted by Crippen LogP contribution is -2.24. The van der Waals surface area contributed by atoms with Gasteiger partial charge in [-0.05, 0) is 0 Å². The molecule has 7 heavy (non-hydrogen) atoms. The van der Waals surface area contributed by atoms with Gasteiger partial charge in [0.25, 0.3) is 0 Å². The fourth-order valence-electron chi connectivity index (χ4n) is 0.0357. The molecule has 0 unspecified atom stereocenters. The van der Waals surface area contributed by atoms with Gasteiger partial charge in [-0.2, -0.15) is 0 Å². The molecule has 0 saturated heterocycles. The maximum atomic E-state index is 8.73. The molecule has 0 fully saturated rings. The third-order valence-corrected chi connectivity index (χ3v) is 2.00. The fraction of sp³-hybridized carbons (Fsp3) is 1.00. The first kappa shape index (κ1) is 7.89. The minimum absolute atomic E-state index is 0.0552. The van der Waals surface area contributed by atoms with Crippen LogP contribution in [-0.2, 0) is 0 Å². The molecule has 0 heterocycles. The summed E-state index contributed by atoms with van der Waals surface area (Å²) in [6, 6.07) is 0. The van der Waals surface area contributed by atoms with Gasteiger partial charge in [0.2, 0.25) is 0 Å². The molecule has 4 heteroatoms. The molecule has 0 aromatic carbocycles. The number of thiol groups is 1. The summed E-state index contributed by atoms with van der Waals surface area (Å²) in [6.45, 7) is 0. The third kappa shape index (κ3) is 3.47. The SMILES string of the molecule is OC(S)(CCl)CCl. The van der Waals surface area contributed by atoms with Crippen LogP contribution in [0.15, 0.2) is 0 Å². The number of rotatable bonds is 2. The van der Waals surface area contributed by atoms with Crippen LogP contribution in [0, 0.1) is 0 Å². The zero-order valence-corrected chi connectivity index (χ0v) is 5.97. The van der Waals surface area contributed by atoms with Crippen LogP contribution >= 0.6 is 35.8 Å². The van der Waals surface area contributed by atoms with E-state index in [4.69, 9.17) is 28.3 Å². The number of hydrogen-bond donors (Lipinski definition) is 2. The molecule has 0 saturated carbocycles. The van der Waals surface area contributed by atoms with E-state index in [2.05, 4.69) is 12.6 Å². The van der Waals surface area contributed by atoms with Gasteiger partial charge in [0.05, 0.1) is 11.8 Å². The standard InChI is InChI=1S/C3H6Cl2OS/c4-1-3(6,7)2-5/h6-7H,1-2H2. The maximum Gasteiger partial charge on any atom is 0.134 e. The molecule has 0 aromatic rings. The number of alkyl halides is 2. The highest BCUT2D eigenvalue weighted by atomic mass is 35.5. The van der Waals surface area contributed by atoms with E-state index in [0.29, 0.717) is 0 Å². The summed E-state index contributed by atoms with van der Waals surface area (Å²) in [5, 5.41) is 8.73. The Morgan fingerprint density at radius 2 is 1.71 bits per heavy atom. The Morgan fingerprint density at radius 3 is 1.71 bits per heavy atom. The predicted octanol–water partition coefficient (Wildman–Crippen LogP) is 1.08. The van der Waals surface area contributed by atoms with Crippen molar-refractivity contribution in [1.29, 1.82) is 0 Å². The summed E-state index contributed by atoms with van der Waals surface area (Å²) < 4.78 is 0. The van der Waals surface area contributed by atoms with Gasteiger partial charge >= 0.3 is 0 Å². The molecule has 0 aliphatic rings. The zero-order chi connectivity index (χ0) is 5.91. The highest BCUT2D eigenvalue weighted by Gasteiger charge is 2.17. The van der Waals surface area contributed by atoms with E-state index in [9.17, 15) is 0 Å². The molecule has 0 spiro atoms. The lowest BCUT2D eigenvalue weighted by atomic mass is 10.5. The molecule has 44 valence electrons. The number of aliphatic hydroxyl groups is 1. The summed E-state index contributed by atoms with van der Waals surface area (Å²) in [7, 11) is 0. The molecule has 0 atom stereocenters. The predicted molar refractivity (Wildman–Crippen MR) is 35.4 cm³/mol. The Bertz CT molecular complexity index is 50.9. The van der Waals surface area contributed by atoms with Gasteiger partial charge in [-0.1, -0.05) is 0 Å². The Kier molecular flexibility index (Phi) is 3.41. The van der Waals surface area contributed by atoms with Gasteiger partial charge in [0.1, 0.15) is 4.93 Å². The van der Waals surface area contributed by atoms with Crippen LogP contribution in [0.25, 0.3) is 0 Å². The molecule has 0 aliphatic carbocycles. The molecule has 0 radical (unpaired) electrons. The van der Waals surface area contributed by atoms with E-state index < -0.39 is 4.93 Å². The molecule has 0 aliphatic heterocycles. The van der Waals surface area contributed by atoms with Crippen molar-refractivity contribution in [1.82, 2.24) is 0 Å². The quantitative estimate of drug-likeness (QED) is 0.352. The molecule has 1 nitrogen and oxygen atoms in total. The average molecular weight is 161 g/mol. The lowest BCUT2D eigenvalue weighted by molar-refractivity contribution is 0.188. The van der Waals surface area contributed by atoms with E-state index >= 15 is 0 Å². The van der Waals surface area contributed by atoms with Gasteiger partial charge in [-0.3, -0.25) is 0 Å². The number of hydrogen-bond acceptors (Lipinski definition) is 2. The topological polar surface area (TPSA) is 20.2 Å². The van der Waals surface area contributed by atoms with Crippen LogP contribution in [0.3, 0.4) is 0 Å². The average Bonchev–Trinajstić information content (AvgIpc) is 1.68. The smallest absolute Gasteiger partial charge is 0.134 e. The Balaban J connectivity index is 3.36. The Labute approximate surface area is 58.0 Å². The minimum Gasteiger partial charge on any atom is -0.377 e. The molecule has 0 rings (SSSR count). The van der Waals surface area contributed by atoms with Crippen LogP contribution in [0.4, 0.5) is 0 Å². The van der Waals surface area contributed by atoms with Crippen LogP contribution in [-0.4, -0.2) is 21.8 Å². The number of halogens is 2. The molecule has 0 bridgehead atoms. The monoisotopic (exact) mass is 160 g/mol. The summed E-state index contributed by atoms with van der Waals surface area (Å²) in [5.41, 5.74) is 0. The molecular formula is C3H6Cl2OS. The highest BCUT2D eigenvalue weighted by Crippen LogP contribution is 2.12. The van der Waals surface area contributed by atoms with E-state index in [1.165, 1.54) is 0 Å². The summed E-state index contributed by atoms with van der Waals surface area (Å²) >= 11 is 14.0. The summed E-state index contributed by atoms with van der Waals surface area (Å²) in [6.07, 6.45) is 0. The maximum absolute atomic E-state index is 8.73. The van der Waals surface area contributed by atoms with Crippen LogP contribution in [0.1, 0.15) is 0 Å². The van der Waals surface area contributed by atoms with Crippen molar-refractivity contribution in [2.24, 2.45) is 0 Å². The van der Waals surface area contributed by atoms with Gasteiger partial charge in [0.15, 0.2) is 0 Å². The van der Waals surface area contributed by atoms with E-state index in [1.54, 1.807) is 0 Å². The first-order valence-electron chi connectivity index (χ1n) is 1.69. The second kappa shape index (κ2) is 3.02. The second-order valence-corrected chi connectivity index (χ2v) is 2.62. The minimum atomic E-state index is -1.19. The van der Waals surface area contributed by atoms with Crippen molar-refractivity contribution in [3.05, 3.63) is 0 Å². The van der Waals surface area contributed by atoms with Crippen molar-refractivity contribution in [2.45, 2.75) is 4.93 Å². The van der Waals surface area contributed by atoms with Gasteiger partial charge in [-0.15, -0.1) is 35.8 Å². The van der Waals surface area contributed by atoms with Crippen molar-refractivity contribution in [3.63, 3.8) is 0 Å². The van der Waals surface area contributed by atoms with E-state index in [-0.39, 0.29) is 11.8 Å². The summed E-state index contributed by atoms with van der Waals surface area (Å²) in [5.74, 6) is 0.110. The van der Waals surface area contributed by atoms with Crippen LogP contribution in [0.5, 0.6) is 0 Å². The summed E-state index contributed by atoms with van der Waals surface area (Å²) in [4.78, 5) is -1.19. The van der Waals surface area contributed by atoms with Crippen LogP contribution in [0.2, 0.25) is 0 Å². The van der Waals surface area contributed by atoms with E-state index in [0.717, 1.165) is 0 Å². The van der Waals surface area contributed by atoms with Crippen molar-refractivity contribution < 1.29 is 5.11 Å². The fourth-order valence-corrected chi connectivity index (χ4v) is 0.321. The van der Waals surface area contributed by atoms with Crippen molar-refractivity contribution in [3.8, 4) is 0 Å². The van der Waals surface area contributed by atoms with Crippen LogP contribution < -0.4 is 0 Å². The zero-order valence-electron chi connectivity index (χ0n) is 3.56. The molecular weight excluding hydrogens is 155 g/mol. The van der Waals surface area contributed by atoms with Gasteiger partial charge in [0, 0.05) is 0 Å². The second-order valence-electron chi connectivity index (χ2n) is 1.25. The first-order valence-corrected chi connectivity index (χ1v) is 3.21. The lowest BCUT2D eigenvalue weighted by Gasteiger charge is -2.12. The molecule has 0 amide bonds. The normalized spacial score (nSPS) is 12.0. The first-order chi connectivity index (χ1) is 3.12. The molecule has 1 N–H and O–H groups in total. The van der Waals surface area contributed by atoms with Gasteiger partial charge in [-0.25, -0.2) is 0 Å². The Morgan fingerprint density at radius 1 is 1.43 bits per heavy atom. The van der Waals surface area contributed by atoms with E-state index in [1.807, 2.05) is 0 Å². The Hall–Kier alpha value is 0.890. The van der Waals surface area contributed by atoms with Crippen molar-refractivity contribution >= 4 is 35.8 Å². The highest BCUT2D eigenvalue weighted by molar-refractivity contribution is 7.81. The van der Waals surface area contributed by atoms with Crippen molar-refractivity contribution in [2.75, 3.05) is 11.8 Å². The molecule has 0 aromatic heterocycles. The third-order valence-electron chi connectivity index (χ3n) is 0.428. The van der Waals surface area contributed by atoms with Gasteiger partial charge < -0.3 is 5.11 Å².